The predicted octanol–water partition coefficient (Wildman–Crippen LogP) is 3.05. The molecule has 1 heterocycles. The van der Waals surface area contributed by atoms with Crippen LogP contribution in [0, 0.1) is 10.1 Å². The van der Waals surface area contributed by atoms with E-state index in [1.165, 1.54) is 24.3 Å². The Morgan fingerprint density at radius 2 is 2.00 bits per heavy atom. The van der Waals surface area contributed by atoms with Gasteiger partial charge in [0.2, 0.25) is 0 Å². The Kier molecular flexibility index (Phi) is 3.85. The lowest BCUT2D eigenvalue weighted by Crippen LogP contribution is -2.28. The largest absolute Gasteiger partial charge is 0.444 e. The minimum Gasteiger partial charge on any atom is -0.444 e. The predicted molar refractivity (Wildman–Crippen MR) is 79.0 cm³/mol. The third kappa shape index (κ3) is 3.60. The minimum atomic E-state index is -0.815. The number of carbonyl (C=O) groups excluding carboxylic acids is 1. The van der Waals surface area contributed by atoms with Crippen molar-refractivity contribution in [2.75, 3.05) is 5.32 Å². The number of carbonyl (C=O) groups is 1. The van der Waals surface area contributed by atoms with Gasteiger partial charge in [0.1, 0.15) is 16.9 Å². The van der Waals surface area contributed by atoms with Crippen molar-refractivity contribution < 1.29 is 18.9 Å². The zero-order valence-corrected chi connectivity index (χ0v) is 12.2. The first kappa shape index (κ1) is 15.5. The summed E-state index contributed by atoms with van der Waals surface area (Å²) >= 11 is 0. The van der Waals surface area contributed by atoms with Crippen molar-refractivity contribution in [3.8, 4) is 0 Å². The van der Waals surface area contributed by atoms with Crippen molar-refractivity contribution in [1.29, 1.82) is 0 Å². The van der Waals surface area contributed by atoms with Crippen LogP contribution in [0.15, 0.2) is 33.5 Å². The van der Waals surface area contributed by atoms with E-state index in [2.05, 4.69) is 5.32 Å². The second-order valence-corrected chi connectivity index (χ2v) is 5.55. The Morgan fingerprint density at radius 3 is 2.59 bits per heavy atom. The molecule has 116 valence electrons. The van der Waals surface area contributed by atoms with E-state index in [4.69, 9.17) is 9.15 Å². The molecule has 0 bridgehead atoms. The van der Waals surface area contributed by atoms with Crippen molar-refractivity contribution in [2.45, 2.75) is 26.4 Å². The van der Waals surface area contributed by atoms with Gasteiger partial charge in [-0.2, -0.15) is 0 Å². The maximum Gasteiger partial charge on any atom is 0.412 e. The standard InChI is InChI=1S/C14H14N2O6/c1-14(2,3)22-13(18)15-10-7-8-6-9(16(19)20)4-5-11(8)21-12(10)17/h4-7H,1-3H3,(H,15,18). The van der Waals surface area contributed by atoms with Gasteiger partial charge in [0, 0.05) is 17.5 Å². The summed E-state index contributed by atoms with van der Waals surface area (Å²) in [6, 6.07) is 5.11. The topological polar surface area (TPSA) is 112 Å². The van der Waals surface area contributed by atoms with Gasteiger partial charge in [-0.15, -0.1) is 0 Å². The number of hydrogen-bond acceptors (Lipinski definition) is 6. The summed E-state index contributed by atoms with van der Waals surface area (Å²) in [4.78, 5) is 33.6. The van der Waals surface area contributed by atoms with Gasteiger partial charge in [0.15, 0.2) is 0 Å². The Labute approximate surface area is 124 Å². The normalized spacial score (nSPS) is 11.2. The van der Waals surface area contributed by atoms with E-state index in [1.54, 1.807) is 20.8 Å². The maximum atomic E-state index is 11.8. The van der Waals surface area contributed by atoms with Crippen LogP contribution in [0.1, 0.15) is 20.8 Å². The van der Waals surface area contributed by atoms with Gasteiger partial charge in [-0.05, 0) is 32.9 Å². The number of fused-ring (bicyclic) bond motifs is 1. The lowest BCUT2D eigenvalue weighted by Gasteiger charge is -2.19. The first-order chi connectivity index (χ1) is 10.2. The second-order valence-electron chi connectivity index (χ2n) is 5.55. The quantitative estimate of drug-likeness (QED) is 0.518. The molecule has 0 saturated heterocycles. The van der Waals surface area contributed by atoms with Crippen LogP contribution >= 0.6 is 0 Å². The van der Waals surface area contributed by atoms with Gasteiger partial charge in [0.25, 0.3) is 5.69 Å². The molecular formula is C14H14N2O6. The number of nitro benzene ring substituents is 1. The lowest BCUT2D eigenvalue weighted by molar-refractivity contribution is -0.384. The van der Waals surface area contributed by atoms with Crippen LogP contribution in [0.4, 0.5) is 16.2 Å². The van der Waals surface area contributed by atoms with Crippen molar-refractivity contribution >= 4 is 28.4 Å². The number of ether oxygens (including phenoxy) is 1. The molecule has 8 nitrogen and oxygen atoms in total. The molecule has 2 aromatic rings. The third-order valence-electron chi connectivity index (χ3n) is 2.56. The smallest absolute Gasteiger partial charge is 0.412 e. The van der Waals surface area contributed by atoms with Gasteiger partial charge in [-0.3, -0.25) is 15.4 Å². The molecule has 0 radical (unpaired) electrons. The number of rotatable bonds is 2. The van der Waals surface area contributed by atoms with Crippen LogP contribution in [0.5, 0.6) is 0 Å². The Bertz CT molecular complexity index is 803. The SMILES string of the molecule is CC(C)(C)OC(=O)Nc1cc2cc([N+](=O)[O-])ccc2oc1=O. The Morgan fingerprint density at radius 1 is 1.32 bits per heavy atom. The summed E-state index contributed by atoms with van der Waals surface area (Å²) in [7, 11) is 0. The summed E-state index contributed by atoms with van der Waals surface area (Å²) in [5.41, 5.74) is -1.61. The van der Waals surface area contributed by atoms with Gasteiger partial charge in [-0.1, -0.05) is 0 Å². The number of hydrogen-bond donors (Lipinski definition) is 1. The van der Waals surface area contributed by atoms with E-state index in [0.717, 1.165) is 0 Å². The number of benzene rings is 1. The molecule has 1 aromatic heterocycles. The van der Waals surface area contributed by atoms with Crippen molar-refractivity contribution in [1.82, 2.24) is 0 Å². The molecule has 22 heavy (non-hydrogen) atoms. The minimum absolute atomic E-state index is 0.149. The first-order valence-corrected chi connectivity index (χ1v) is 6.38. The van der Waals surface area contributed by atoms with E-state index < -0.39 is 22.2 Å². The third-order valence-corrected chi connectivity index (χ3v) is 2.56. The summed E-state index contributed by atoms with van der Waals surface area (Å²) in [6.45, 7) is 5.04. The summed E-state index contributed by atoms with van der Waals surface area (Å²) in [6.07, 6.45) is -0.815. The molecule has 1 N–H and O–H groups in total. The van der Waals surface area contributed by atoms with Crippen molar-refractivity contribution in [2.24, 2.45) is 0 Å². The number of amides is 1. The van der Waals surface area contributed by atoms with Crippen LogP contribution in [0.2, 0.25) is 0 Å². The fourth-order valence-corrected chi connectivity index (χ4v) is 1.73. The average molecular weight is 306 g/mol. The van der Waals surface area contributed by atoms with Crippen molar-refractivity contribution in [3.63, 3.8) is 0 Å². The van der Waals surface area contributed by atoms with Gasteiger partial charge < -0.3 is 9.15 Å². The first-order valence-electron chi connectivity index (χ1n) is 6.38. The van der Waals surface area contributed by atoms with Crippen LogP contribution in [0.25, 0.3) is 11.0 Å². The molecule has 1 aromatic carbocycles. The van der Waals surface area contributed by atoms with E-state index in [9.17, 15) is 19.7 Å². The molecule has 0 unspecified atom stereocenters. The van der Waals surface area contributed by atoms with Gasteiger partial charge in [0.05, 0.1) is 4.92 Å². The molecule has 0 fully saturated rings. The molecule has 0 spiro atoms. The van der Waals surface area contributed by atoms with E-state index in [0.29, 0.717) is 5.39 Å². The molecule has 0 saturated carbocycles. The van der Waals surface area contributed by atoms with E-state index in [1.807, 2.05) is 0 Å². The molecule has 8 heteroatoms. The van der Waals surface area contributed by atoms with Crippen LogP contribution in [-0.2, 0) is 4.74 Å². The zero-order valence-electron chi connectivity index (χ0n) is 12.2. The number of nitrogens with one attached hydrogen (secondary N) is 1. The molecule has 0 aliphatic carbocycles. The average Bonchev–Trinajstić information content (AvgIpc) is 2.36. The summed E-state index contributed by atoms with van der Waals surface area (Å²) in [5.74, 6) is 0. The number of non-ortho nitro benzene ring substituents is 1. The highest BCUT2D eigenvalue weighted by molar-refractivity contribution is 5.88. The highest BCUT2D eigenvalue weighted by atomic mass is 16.6. The molecule has 0 aliphatic rings. The van der Waals surface area contributed by atoms with Crippen LogP contribution in [0.3, 0.4) is 0 Å². The van der Waals surface area contributed by atoms with Gasteiger partial charge >= 0.3 is 11.7 Å². The lowest BCUT2D eigenvalue weighted by atomic mass is 10.2. The highest BCUT2D eigenvalue weighted by Gasteiger charge is 2.18. The van der Waals surface area contributed by atoms with Crippen LogP contribution < -0.4 is 10.9 Å². The molecule has 0 atom stereocenters. The highest BCUT2D eigenvalue weighted by Crippen LogP contribution is 2.22. The number of nitrogens with zero attached hydrogens (tertiary/aromatic N) is 1. The summed E-state index contributed by atoms with van der Waals surface area (Å²) < 4.78 is 10.0. The molecule has 2 rings (SSSR count). The molecule has 1 amide bonds. The van der Waals surface area contributed by atoms with E-state index >= 15 is 0 Å². The number of nitro groups is 1. The molecule has 0 aliphatic heterocycles. The van der Waals surface area contributed by atoms with Gasteiger partial charge in [-0.25, -0.2) is 9.59 Å². The molecular weight excluding hydrogens is 292 g/mol. The Hall–Kier alpha value is -2.90. The zero-order chi connectivity index (χ0) is 16.5. The fraction of sp³-hybridized carbons (Fsp3) is 0.286. The fourth-order valence-electron chi connectivity index (χ4n) is 1.73. The van der Waals surface area contributed by atoms with E-state index in [-0.39, 0.29) is 17.0 Å². The number of anilines is 1. The maximum absolute atomic E-state index is 11.8. The summed E-state index contributed by atoms with van der Waals surface area (Å²) in [5, 5.41) is 13.3. The van der Waals surface area contributed by atoms with Crippen LogP contribution in [-0.4, -0.2) is 16.6 Å². The Balaban J connectivity index is 2.37. The second kappa shape index (κ2) is 5.47. The monoisotopic (exact) mass is 306 g/mol. The van der Waals surface area contributed by atoms with Crippen molar-refractivity contribution in [3.05, 3.63) is 44.8 Å².